The van der Waals surface area contributed by atoms with Crippen LogP contribution in [0, 0.1) is 11.3 Å². The molecular weight excluding hydrogens is 324 g/mol. The van der Waals surface area contributed by atoms with Crippen LogP contribution in [0.5, 0.6) is 0 Å². The van der Waals surface area contributed by atoms with Crippen LogP contribution in [0.1, 0.15) is 61.9 Å². The molecule has 0 aliphatic heterocycles. The maximum atomic E-state index is 11.6. The van der Waals surface area contributed by atoms with Gasteiger partial charge in [0.15, 0.2) is 5.96 Å². The molecule has 1 amide bonds. The number of nitrogens with zero attached hydrogens (tertiary/aromatic N) is 1. The topological polar surface area (TPSA) is 65.5 Å². The van der Waals surface area contributed by atoms with Crippen LogP contribution in [-0.4, -0.2) is 32.5 Å². The largest absolute Gasteiger partial charge is 0.356 e. The van der Waals surface area contributed by atoms with E-state index in [2.05, 4.69) is 34.8 Å². The van der Waals surface area contributed by atoms with Gasteiger partial charge in [-0.15, -0.1) is 0 Å². The van der Waals surface area contributed by atoms with E-state index >= 15 is 0 Å². The van der Waals surface area contributed by atoms with E-state index in [1.165, 1.54) is 32.1 Å². The van der Waals surface area contributed by atoms with Gasteiger partial charge < -0.3 is 16.0 Å². The average Bonchev–Trinajstić information content (AvgIpc) is 3.09. The van der Waals surface area contributed by atoms with Crippen molar-refractivity contribution in [3.05, 3.63) is 35.4 Å². The van der Waals surface area contributed by atoms with Crippen molar-refractivity contribution in [2.75, 3.05) is 20.6 Å². The molecule has 0 radical (unpaired) electrons. The van der Waals surface area contributed by atoms with E-state index in [-0.39, 0.29) is 5.91 Å². The first-order chi connectivity index (χ1) is 12.5. The second-order valence-electron chi connectivity index (χ2n) is 7.86. The number of hydrogen-bond donors (Lipinski definition) is 3. The third-order valence-corrected chi connectivity index (χ3v) is 5.26. The van der Waals surface area contributed by atoms with Gasteiger partial charge in [-0.1, -0.05) is 38.8 Å². The summed E-state index contributed by atoms with van der Waals surface area (Å²) >= 11 is 0. The fourth-order valence-corrected chi connectivity index (χ4v) is 4.04. The molecule has 0 heterocycles. The lowest BCUT2D eigenvalue weighted by molar-refractivity contribution is 0.0963. The molecule has 0 bridgehead atoms. The van der Waals surface area contributed by atoms with Crippen LogP contribution in [0.25, 0.3) is 0 Å². The van der Waals surface area contributed by atoms with Gasteiger partial charge in [0.2, 0.25) is 0 Å². The minimum atomic E-state index is -0.0611. The minimum Gasteiger partial charge on any atom is -0.356 e. The van der Waals surface area contributed by atoms with Crippen molar-refractivity contribution in [2.45, 2.75) is 52.5 Å². The summed E-state index contributed by atoms with van der Waals surface area (Å²) in [6, 6.07) is 7.65. The molecule has 1 aliphatic carbocycles. The van der Waals surface area contributed by atoms with Gasteiger partial charge in [-0.2, -0.15) is 0 Å². The Morgan fingerprint density at radius 1 is 1.15 bits per heavy atom. The highest BCUT2D eigenvalue weighted by Crippen LogP contribution is 2.42. The van der Waals surface area contributed by atoms with Crippen LogP contribution in [-0.2, 0) is 6.54 Å². The summed E-state index contributed by atoms with van der Waals surface area (Å²) in [5.74, 6) is 1.51. The first-order valence-electron chi connectivity index (χ1n) is 9.73. The molecule has 5 heteroatoms. The number of carbonyl (C=O) groups excluding carboxylic acids is 1. The van der Waals surface area contributed by atoms with E-state index in [0.717, 1.165) is 24.0 Å². The highest BCUT2D eigenvalue weighted by Gasteiger charge is 2.34. The van der Waals surface area contributed by atoms with E-state index in [9.17, 15) is 4.79 Å². The predicted octanol–water partition coefficient (Wildman–Crippen LogP) is 3.32. The smallest absolute Gasteiger partial charge is 0.251 e. The van der Waals surface area contributed by atoms with Crippen molar-refractivity contribution >= 4 is 11.9 Å². The van der Waals surface area contributed by atoms with Crippen LogP contribution < -0.4 is 16.0 Å². The molecule has 1 aromatic rings. The Bertz CT molecular complexity index is 601. The Labute approximate surface area is 158 Å². The van der Waals surface area contributed by atoms with Gasteiger partial charge >= 0.3 is 0 Å². The van der Waals surface area contributed by atoms with Gasteiger partial charge in [0.25, 0.3) is 5.91 Å². The number of nitrogens with one attached hydrogen (secondary N) is 3. The van der Waals surface area contributed by atoms with Gasteiger partial charge in [0.1, 0.15) is 0 Å². The van der Waals surface area contributed by atoms with Gasteiger partial charge in [0, 0.05) is 32.7 Å². The third-order valence-electron chi connectivity index (χ3n) is 5.26. The number of rotatable bonds is 7. The lowest BCUT2D eigenvalue weighted by Crippen LogP contribution is -2.43. The molecule has 0 saturated heterocycles. The Hall–Kier alpha value is -2.04. The Balaban J connectivity index is 1.86. The zero-order chi connectivity index (χ0) is 19.0. The van der Waals surface area contributed by atoms with Crippen LogP contribution in [0.4, 0.5) is 0 Å². The molecule has 3 N–H and O–H groups in total. The van der Waals surface area contributed by atoms with Crippen LogP contribution in [0.2, 0.25) is 0 Å². The molecule has 1 aliphatic rings. The number of amides is 1. The molecule has 1 fully saturated rings. The fourth-order valence-electron chi connectivity index (χ4n) is 4.04. The van der Waals surface area contributed by atoms with Crippen molar-refractivity contribution in [3.8, 4) is 0 Å². The molecular formula is C21H34N4O. The Morgan fingerprint density at radius 2 is 1.81 bits per heavy atom. The number of benzene rings is 1. The molecule has 144 valence electrons. The third kappa shape index (κ3) is 5.75. The highest BCUT2D eigenvalue weighted by atomic mass is 16.1. The summed E-state index contributed by atoms with van der Waals surface area (Å²) in [5.41, 5.74) is 2.22. The summed E-state index contributed by atoms with van der Waals surface area (Å²) in [7, 11) is 3.46. The molecule has 0 spiro atoms. The summed E-state index contributed by atoms with van der Waals surface area (Å²) in [6.45, 7) is 6.30. The van der Waals surface area contributed by atoms with Crippen molar-refractivity contribution in [3.63, 3.8) is 0 Å². The van der Waals surface area contributed by atoms with E-state index < -0.39 is 0 Å². The average molecular weight is 359 g/mol. The molecule has 0 atom stereocenters. The maximum absolute atomic E-state index is 11.6. The maximum Gasteiger partial charge on any atom is 0.251 e. The van der Waals surface area contributed by atoms with E-state index in [1.807, 2.05) is 31.3 Å². The number of guanidine groups is 1. The SMILES string of the molecule is CN=C(NCc1ccc(C(=O)NC)cc1)NCC1(CC(C)C)CCCC1. The zero-order valence-electron chi connectivity index (χ0n) is 16.7. The van der Waals surface area contributed by atoms with Crippen LogP contribution in [0.3, 0.4) is 0 Å². The van der Waals surface area contributed by atoms with Gasteiger partial charge in [-0.05, 0) is 48.3 Å². The first kappa shape index (κ1) is 20.3. The van der Waals surface area contributed by atoms with Gasteiger partial charge in [-0.25, -0.2) is 0 Å². The van der Waals surface area contributed by atoms with Crippen LogP contribution >= 0.6 is 0 Å². The first-order valence-corrected chi connectivity index (χ1v) is 9.73. The molecule has 5 nitrogen and oxygen atoms in total. The number of aliphatic imine (C=N–C) groups is 1. The quantitative estimate of drug-likeness (QED) is 0.517. The normalized spacial score (nSPS) is 16.6. The second kappa shape index (κ2) is 9.60. The zero-order valence-corrected chi connectivity index (χ0v) is 16.7. The minimum absolute atomic E-state index is 0.0611. The number of carbonyl (C=O) groups is 1. The molecule has 1 saturated carbocycles. The van der Waals surface area contributed by atoms with Crippen molar-refractivity contribution in [2.24, 2.45) is 16.3 Å². The Kier molecular flexibility index (Phi) is 7.49. The predicted molar refractivity (Wildman–Crippen MR) is 108 cm³/mol. The summed E-state index contributed by atoms with van der Waals surface area (Å²) in [5, 5.41) is 9.56. The van der Waals surface area contributed by atoms with Gasteiger partial charge in [-0.3, -0.25) is 9.79 Å². The molecule has 0 aromatic heterocycles. The summed E-state index contributed by atoms with van der Waals surface area (Å²) < 4.78 is 0. The fraction of sp³-hybridized carbons (Fsp3) is 0.619. The lowest BCUT2D eigenvalue weighted by Gasteiger charge is -2.32. The van der Waals surface area contributed by atoms with E-state index in [0.29, 0.717) is 17.5 Å². The molecule has 2 rings (SSSR count). The van der Waals surface area contributed by atoms with Crippen molar-refractivity contribution < 1.29 is 4.79 Å². The van der Waals surface area contributed by atoms with Crippen molar-refractivity contribution in [1.29, 1.82) is 0 Å². The number of hydrogen-bond acceptors (Lipinski definition) is 2. The molecule has 26 heavy (non-hydrogen) atoms. The van der Waals surface area contributed by atoms with E-state index in [1.54, 1.807) is 7.05 Å². The Morgan fingerprint density at radius 3 is 2.35 bits per heavy atom. The molecule has 1 aromatic carbocycles. The van der Waals surface area contributed by atoms with Gasteiger partial charge in [0.05, 0.1) is 0 Å². The second-order valence-corrected chi connectivity index (χ2v) is 7.86. The summed E-state index contributed by atoms with van der Waals surface area (Å²) in [6.07, 6.45) is 6.60. The highest BCUT2D eigenvalue weighted by molar-refractivity contribution is 5.93. The van der Waals surface area contributed by atoms with E-state index in [4.69, 9.17) is 0 Å². The monoisotopic (exact) mass is 358 g/mol. The molecule has 0 unspecified atom stereocenters. The lowest BCUT2D eigenvalue weighted by atomic mass is 9.78. The van der Waals surface area contributed by atoms with Crippen LogP contribution in [0.15, 0.2) is 29.3 Å². The standard InChI is InChI=1S/C21H34N4O/c1-16(2)13-21(11-5-6-12-21)15-25-20(23-4)24-14-17-7-9-18(10-8-17)19(26)22-3/h7-10,16H,5-6,11-15H2,1-4H3,(H,22,26)(H2,23,24,25). The summed E-state index contributed by atoms with van der Waals surface area (Å²) in [4.78, 5) is 16.0. The van der Waals surface area contributed by atoms with Crippen molar-refractivity contribution in [1.82, 2.24) is 16.0 Å².